The molecule has 1 atom stereocenters. The van der Waals surface area contributed by atoms with Crippen molar-refractivity contribution in [2.45, 2.75) is 38.0 Å². The third-order valence-corrected chi connectivity index (χ3v) is 7.71. The zero-order valence-corrected chi connectivity index (χ0v) is 23.0. The Balaban J connectivity index is 1.34. The molecule has 3 heterocycles. The third kappa shape index (κ3) is 5.88. The van der Waals surface area contributed by atoms with Gasteiger partial charge in [0.05, 0.1) is 6.61 Å². The summed E-state index contributed by atoms with van der Waals surface area (Å²) in [7, 11) is 5.66. The van der Waals surface area contributed by atoms with Crippen molar-refractivity contribution in [3.63, 3.8) is 0 Å². The van der Waals surface area contributed by atoms with Crippen LogP contribution in [0.2, 0.25) is 0 Å². The van der Waals surface area contributed by atoms with Crippen molar-refractivity contribution in [2.75, 3.05) is 32.6 Å². The number of nitrogens with one attached hydrogen (secondary N) is 1. The zero-order chi connectivity index (χ0) is 27.4. The number of pyridine rings is 2. The average Bonchev–Trinajstić information content (AvgIpc) is 3.11. The topological polar surface area (TPSA) is 83.3 Å². The van der Waals surface area contributed by atoms with E-state index >= 15 is 0 Å². The number of aromatic nitrogens is 3. The molecule has 0 aliphatic heterocycles. The van der Waals surface area contributed by atoms with Gasteiger partial charge in [0.1, 0.15) is 11.5 Å². The van der Waals surface area contributed by atoms with Gasteiger partial charge in [-0.05, 0) is 91.6 Å². The summed E-state index contributed by atoms with van der Waals surface area (Å²) in [6.45, 7) is 0.553. The van der Waals surface area contributed by atoms with E-state index < -0.39 is 0 Å². The van der Waals surface area contributed by atoms with Crippen LogP contribution in [-0.4, -0.2) is 57.7 Å². The molecule has 1 aromatic carbocycles. The van der Waals surface area contributed by atoms with E-state index in [-0.39, 0.29) is 12.5 Å². The minimum atomic E-state index is 0.0450. The third-order valence-electron chi connectivity index (χ3n) is 7.71. The largest absolute Gasteiger partial charge is 0.395 e. The van der Waals surface area contributed by atoms with Gasteiger partial charge >= 0.3 is 0 Å². The van der Waals surface area contributed by atoms with Gasteiger partial charge in [0.25, 0.3) is 5.91 Å². The lowest BCUT2D eigenvalue weighted by atomic mass is 9.91. The maximum absolute atomic E-state index is 12.2. The molecule has 0 spiro atoms. The minimum Gasteiger partial charge on any atom is -0.395 e. The molecule has 1 unspecified atom stereocenters. The summed E-state index contributed by atoms with van der Waals surface area (Å²) in [4.78, 5) is 23.1. The number of anilines is 1. The van der Waals surface area contributed by atoms with E-state index in [1.807, 2.05) is 36.7 Å². The van der Waals surface area contributed by atoms with E-state index in [9.17, 15) is 4.79 Å². The summed E-state index contributed by atoms with van der Waals surface area (Å²) in [6, 6.07) is 16.5. The molecule has 39 heavy (non-hydrogen) atoms. The predicted molar refractivity (Wildman–Crippen MR) is 158 cm³/mol. The van der Waals surface area contributed by atoms with Crippen LogP contribution in [0.1, 0.15) is 59.6 Å². The Morgan fingerprint density at radius 1 is 1.10 bits per heavy atom. The SMILES string of the molecule is CN(C)C(=O)c1ccc(C2CCC/C(=C/c3cc4c(-c5ccc(NCCO)nc5)ccnc4n3C)CC2)cc1. The van der Waals surface area contributed by atoms with Gasteiger partial charge < -0.3 is 19.9 Å². The molecule has 1 amide bonds. The minimum absolute atomic E-state index is 0.0450. The molecule has 3 aromatic heterocycles. The number of amides is 1. The Labute approximate surface area is 230 Å². The number of benzene rings is 1. The van der Waals surface area contributed by atoms with Crippen molar-refractivity contribution in [2.24, 2.45) is 7.05 Å². The maximum Gasteiger partial charge on any atom is 0.253 e. The van der Waals surface area contributed by atoms with Crippen molar-refractivity contribution in [3.8, 4) is 11.1 Å². The number of rotatable bonds is 7. The first-order valence-corrected chi connectivity index (χ1v) is 13.7. The number of fused-ring (bicyclic) bond motifs is 1. The molecule has 1 aliphatic rings. The summed E-state index contributed by atoms with van der Waals surface area (Å²) in [6.07, 6.45) is 11.7. The number of hydrogen-bond donors (Lipinski definition) is 2. The standard InChI is InChI=1S/C32H37N5O2/c1-36(2)32(39)25-11-9-24(10-12-25)23-6-4-5-22(7-8-23)19-27-20-29-28(15-16-34-31(29)37(27)3)26-13-14-30(35-21-26)33-17-18-38/h9-16,19-21,23,38H,4-8,17-18H2,1-3H3,(H,33,35)/b22-19-. The van der Waals surface area contributed by atoms with Gasteiger partial charge in [-0.15, -0.1) is 0 Å². The molecule has 1 fully saturated rings. The highest BCUT2D eigenvalue weighted by atomic mass is 16.3. The highest BCUT2D eigenvalue weighted by molar-refractivity contribution is 5.95. The van der Waals surface area contributed by atoms with E-state index in [2.05, 4.69) is 57.2 Å². The summed E-state index contributed by atoms with van der Waals surface area (Å²) in [5, 5.41) is 13.2. The van der Waals surface area contributed by atoms with Gasteiger partial charge in [-0.1, -0.05) is 17.7 Å². The summed E-state index contributed by atoms with van der Waals surface area (Å²) in [5.41, 5.74) is 7.82. The number of hydrogen-bond acceptors (Lipinski definition) is 5. The number of nitrogens with zero attached hydrogens (tertiary/aromatic N) is 4. The van der Waals surface area contributed by atoms with E-state index in [4.69, 9.17) is 5.11 Å². The number of carbonyl (C=O) groups excluding carboxylic acids is 1. The lowest BCUT2D eigenvalue weighted by Crippen LogP contribution is -2.21. The summed E-state index contributed by atoms with van der Waals surface area (Å²) in [5.74, 6) is 1.31. The number of aliphatic hydroxyl groups is 1. The number of carbonyl (C=O) groups is 1. The molecule has 1 saturated carbocycles. The van der Waals surface area contributed by atoms with Crippen LogP contribution in [0.15, 0.2) is 66.5 Å². The molecule has 202 valence electrons. The molecule has 0 radical (unpaired) electrons. The highest BCUT2D eigenvalue weighted by Crippen LogP contribution is 2.36. The molecule has 2 N–H and O–H groups in total. The second kappa shape index (κ2) is 11.8. The van der Waals surface area contributed by atoms with Gasteiger partial charge in [-0.25, -0.2) is 9.97 Å². The fourth-order valence-electron chi connectivity index (χ4n) is 5.52. The van der Waals surface area contributed by atoms with Crippen molar-refractivity contribution in [1.29, 1.82) is 0 Å². The van der Waals surface area contributed by atoms with E-state index in [0.717, 1.165) is 65.6 Å². The van der Waals surface area contributed by atoms with E-state index in [1.54, 1.807) is 19.0 Å². The molecular formula is C32H37N5O2. The molecule has 7 heteroatoms. The lowest BCUT2D eigenvalue weighted by Gasteiger charge is -2.16. The van der Waals surface area contributed by atoms with Crippen LogP contribution < -0.4 is 5.32 Å². The van der Waals surface area contributed by atoms with Crippen molar-refractivity contribution < 1.29 is 9.90 Å². The number of allylic oxidation sites excluding steroid dienone is 1. The normalized spacial score (nSPS) is 16.8. The Hall–Kier alpha value is -3.97. The summed E-state index contributed by atoms with van der Waals surface area (Å²) >= 11 is 0. The van der Waals surface area contributed by atoms with Crippen molar-refractivity contribution >= 4 is 28.8 Å². The quantitative estimate of drug-likeness (QED) is 0.296. The highest BCUT2D eigenvalue weighted by Gasteiger charge is 2.18. The number of aliphatic hydroxyl groups excluding tert-OH is 1. The van der Waals surface area contributed by atoms with Gasteiger partial charge in [0.2, 0.25) is 0 Å². The summed E-state index contributed by atoms with van der Waals surface area (Å²) < 4.78 is 2.18. The van der Waals surface area contributed by atoms with Crippen LogP contribution in [0.25, 0.3) is 28.2 Å². The first kappa shape index (κ1) is 26.6. The molecular weight excluding hydrogens is 486 g/mol. The van der Waals surface area contributed by atoms with Crippen LogP contribution in [0.3, 0.4) is 0 Å². The first-order valence-electron chi connectivity index (χ1n) is 13.7. The average molecular weight is 524 g/mol. The Morgan fingerprint density at radius 2 is 1.92 bits per heavy atom. The molecule has 1 aliphatic carbocycles. The molecule has 0 bridgehead atoms. The van der Waals surface area contributed by atoms with Crippen LogP contribution in [-0.2, 0) is 7.05 Å². The Kier molecular flexibility index (Phi) is 8.07. The first-order chi connectivity index (χ1) is 18.9. The smallest absolute Gasteiger partial charge is 0.253 e. The van der Waals surface area contributed by atoms with E-state index in [0.29, 0.717) is 12.5 Å². The van der Waals surface area contributed by atoms with Crippen LogP contribution >= 0.6 is 0 Å². The molecule has 4 aromatic rings. The lowest BCUT2D eigenvalue weighted by molar-refractivity contribution is 0.0827. The van der Waals surface area contributed by atoms with Gasteiger partial charge in [0, 0.05) is 62.3 Å². The molecule has 0 saturated heterocycles. The fraction of sp³-hybridized carbons (Fsp3) is 0.344. The number of aryl methyl sites for hydroxylation is 1. The predicted octanol–water partition coefficient (Wildman–Crippen LogP) is 5.87. The second-order valence-corrected chi connectivity index (χ2v) is 10.6. The van der Waals surface area contributed by atoms with Gasteiger partial charge in [-0.3, -0.25) is 4.79 Å². The fourth-order valence-corrected chi connectivity index (χ4v) is 5.52. The van der Waals surface area contributed by atoms with Crippen molar-refractivity contribution in [3.05, 3.63) is 83.3 Å². The zero-order valence-electron chi connectivity index (χ0n) is 23.0. The molecule has 5 rings (SSSR count). The van der Waals surface area contributed by atoms with Crippen LogP contribution in [0.5, 0.6) is 0 Å². The van der Waals surface area contributed by atoms with Crippen LogP contribution in [0.4, 0.5) is 5.82 Å². The van der Waals surface area contributed by atoms with Crippen LogP contribution in [0, 0.1) is 0 Å². The van der Waals surface area contributed by atoms with E-state index in [1.165, 1.54) is 16.8 Å². The maximum atomic E-state index is 12.2. The van der Waals surface area contributed by atoms with Gasteiger partial charge in [0.15, 0.2) is 0 Å². The van der Waals surface area contributed by atoms with Crippen molar-refractivity contribution in [1.82, 2.24) is 19.4 Å². The molecule has 7 nitrogen and oxygen atoms in total. The monoisotopic (exact) mass is 523 g/mol. The Morgan fingerprint density at radius 3 is 2.64 bits per heavy atom. The Bertz CT molecular complexity index is 1470. The van der Waals surface area contributed by atoms with Gasteiger partial charge in [-0.2, -0.15) is 0 Å². The second-order valence-electron chi connectivity index (χ2n) is 10.6.